The van der Waals surface area contributed by atoms with Crippen LogP contribution >= 0.6 is 11.8 Å². The quantitative estimate of drug-likeness (QED) is 0.363. The van der Waals surface area contributed by atoms with E-state index < -0.39 is 21.9 Å². The lowest BCUT2D eigenvalue weighted by Crippen LogP contribution is -2.19. The van der Waals surface area contributed by atoms with Gasteiger partial charge in [-0.05, 0) is 30.4 Å². The monoisotopic (exact) mass is 301 g/mol. The van der Waals surface area contributed by atoms with Gasteiger partial charge in [-0.15, -0.1) is 11.8 Å². The highest BCUT2D eigenvalue weighted by Crippen LogP contribution is 2.24. The molecular formula is C11H11NO5S2. The van der Waals surface area contributed by atoms with Crippen molar-refractivity contribution in [2.45, 2.75) is 11.3 Å². The summed E-state index contributed by atoms with van der Waals surface area (Å²) in [5.74, 6) is -0.610. The van der Waals surface area contributed by atoms with E-state index in [1.54, 1.807) is 18.2 Å². The van der Waals surface area contributed by atoms with E-state index in [9.17, 15) is 18.0 Å². The Kier molecular flexibility index (Phi) is 3.93. The average molecular weight is 301 g/mol. The van der Waals surface area contributed by atoms with Crippen molar-refractivity contribution in [3.05, 3.63) is 29.3 Å². The van der Waals surface area contributed by atoms with Gasteiger partial charge in [0.1, 0.15) is 0 Å². The summed E-state index contributed by atoms with van der Waals surface area (Å²) in [4.78, 5) is 23.5. The summed E-state index contributed by atoms with van der Waals surface area (Å²) in [6.07, 6.45) is 0.311. The van der Waals surface area contributed by atoms with Gasteiger partial charge in [-0.1, -0.05) is 0 Å². The standard InChI is InChI=1S/C11H11NO5S2/c13-10-8-3-2-7(6-9(8)11(14)12-10)18-4-1-5-19(15,16)17/h2-3,6H,1,4-5H2,(H,12,13,14)(H,15,16,17). The Balaban J connectivity index is 1.98. The molecule has 2 N–H and O–H groups in total. The van der Waals surface area contributed by atoms with Gasteiger partial charge in [-0.2, -0.15) is 8.42 Å². The van der Waals surface area contributed by atoms with Crippen LogP contribution in [0.5, 0.6) is 0 Å². The maximum absolute atomic E-state index is 11.4. The van der Waals surface area contributed by atoms with Crippen LogP contribution < -0.4 is 5.32 Å². The summed E-state index contributed by atoms with van der Waals surface area (Å²) in [5, 5.41) is 2.20. The van der Waals surface area contributed by atoms with Crippen LogP contribution in [-0.2, 0) is 10.1 Å². The number of amides is 2. The highest BCUT2D eigenvalue weighted by atomic mass is 32.2. The van der Waals surface area contributed by atoms with Crippen LogP contribution in [0.15, 0.2) is 23.1 Å². The van der Waals surface area contributed by atoms with Gasteiger partial charge >= 0.3 is 0 Å². The maximum atomic E-state index is 11.4. The van der Waals surface area contributed by atoms with E-state index in [0.29, 0.717) is 23.3 Å². The number of rotatable bonds is 5. The third-order valence-corrected chi connectivity index (χ3v) is 4.41. The first-order valence-corrected chi connectivity index (χ1v) is 8.04. The van der Waals surface area contributed by atoms with Gasteiger partial charge in [0, 0.05) is 4.90 Å². The Bertz CT molecular complexity index is 638. The van der Waals surface area contributed by atoms with E-state index in [2.05, 4.69) is 5.32 Å². The lowest BCUT2D eigenvalue weighted by atomic mass is 10.1. The van der Waals surface area contributed by atoms with Gasteiger partial charge in [-0.25, -0.2) is 0 Å². The van der Waals surface area contributed by atoms with Crippen LogP contribution in [-0.4, -0.2) is 36.3 Å². The lowest BCUT2D eigenvalue weighted by molar-refractivity contribution is 0.0879. The molecule has 2 amide bonds. The molecule has 1 aliphatic heterocycles. The summed E-state index contributed by atoms with van der Waals surface area (Å²) in [6.45, 7) is 0. The Morgan fingerprint density at radius 3 is 2.53 bits per heavy atom. The number of fused-ring (bicyclic) bond motifs is 1. The molecule has 19 heavy (non-hydrogen) atoms. The van der Waals surface area contributed by atoms with Crippen LogP contribution in [0.1, 0.15) is 27.1 Å². The fourth-order valence-corrected chi connectivity index (χ4v) is 3.25. The van der Waals surface area contributed by atoms with Crippen molar-refractivity contribution in [2.24, 2.45) is 0 Å². The topological polar surface area (TPSA) is 101 Å². The number of hydrogen-bond donors (Lipinski definition) is 2. The molecule has 2 rings (SSSR count). The minimum Gasteiger partial charge on any atom is -0.288 e. The number of hydrogen-bond acceptors (Lipinski definition) is 5. The summed E-state index contributed by atoms with van der Waals surface area (Å²) < 4.78 is 29.6. The molecule has 1 aromatic rings. The summed E-state index contributed by atoms with van der Waals surface area (Å²) in [5.41, 5.74) is 0.692. The van der Waals surface area contributed by atoms with Gasteiger partial charge < -0.3 is 0 Å². The molecule has 1 aromatic carbocycles. The molecule has 0 atom stereocenters. The zero-order valence-corrected chi connectivity index (χ0v) is 11.4. The maximum Gasteiger partial charge on any atom is 0.264 e. The van der Waals surface area contributed by atoms with Crippen LogP contribution in [0.2, 0.25) is 0 Å². The molecule has 0 radical (unpaired) electrons. The molecule has 1 heterocycles. The van der Waals surface area contributed by atoms with Crippen molar-refractivity contribution in [3.63, 3.8) is 0 Å². The average Bonchev–Trinajstić information content (AvgIpc) is 2.59. The van der Waals surface area contributed by atoms with Crippen LogP contribution in [0.3, 0.4) is 0 Å². The number of carbonyl (C=O) groups excluding carboxylic acids is 2. The van der Waals surface area contributed by atoms with Gasteiger partial charge in [0.05, 0.1) is 16.9 Å². The number of imide groups is 1. The van der Waals surface area contributed by atoms with E-state index in [-0.39, 0.29) is 5.75 Å². The number of benzene rings is 1. The van der Waals surface area contributed by atoms with E-state index in [1.165, 1.54) is 11.8 Å². The largest absolute Gasteiger partial charge is 0.288 e. The zero-order valence-electron chi connectivity index (χ0n) is 9.75. The molecule has 0 saturated carbocycles. The van der Waals surface area contributed by atoms with Crippen molar-refractivity contribution >= 4 is 33.7 Å². The molecule has 8 heteroatoms. The molecule has 102 valence electrons. The second kappa shape index (κ2) is 5.32. The van der Waals surface area contributed by atoms with Crippen LogP contribution in [0.25, 0.3) is 0 Å². The predicted molar refractivity (Wildman–Crippen MR) is 70.0 cm³/mol. The summed E-state index contributed by atoms with van der Waals surface area (Å²) in [6, 6.07) is 4.88. The highest BCUT2D eigenvalue weighted by molar-refractivity contribution is 7.99. The van der Waals surface area contributed by atoms with Crippen LogP contribution in [0.4, 0.5) is 0 Å². The molecule has 0 bridgehead atoms. The smallest absolute Gasteiger partial charge is 0.264 e. The molecule has 0 unspecified atom stereocenters. The minimum absolute atomic E-state index is 0.288. The van der Waals surface area contributed by atoms with E-state index >= 15 is 0 Å². The molecule has 1 aliphatic rings. The first-order valence-electron chi connectivity index (χ1n) is 5.44. The Hall–Kier alpha value is -1.38. The third-order valence-electron chi connectivity index (χ3n) is 2.52. The van der Waals surface area contributed by atoms with Gasteiger partial charge in [0.25, 0.3) is 21.9 Å². The lowest BCUT2D eigenvalue weighted by Gasteiger charge is -2.02. The predicted octanol–water partition coefficient (Wildman–Crippen LogP) is 0.940. The number of carbonyl (C=O) groups is 2. The fourth-order valence-electron chi connectivity index (χ4n) is 1.67. The number of thioether (sulfide) groups is 1. The third kappa shape index (κ3) is 3.55. The molecule has 0 fully saturated rings. The van der Waals surface area contributed by atoms with Crippen LogP contribution in [0, 0.1) is 0 Å². The highest BCUT2D eigenvalue weighted by Gasteiger charge is 2.26. The molecule has 6 nitrogen and oxygen atoms in total. The molecular weight excluding hydrogens is 290 g/mol. The van der Waals surface area contributed by atoms with E-state index in [4.69, 9.17) is 4.55 Å². The van der Waals surface area contributed by atoms with E-state index in [1.807, 2.05) is 0 Å². The van der Waals surface area contributed by atoms with Gasteiger partial charge in [-0.3, -0.25) is 19.5 Å². The Morgan fingerprint density at radius 2 is 1.84 bits per heavy atom. The minimum atomic E-state index is -3.93. The van der Waals surface area contributed by atoms with Crippen molar-refractivity contribution in [1.82, 2.24) is 5.32 Å². The van der Waals surface area contributed by atoms with Gasteiger partial charge in [0.2, 0.25) is 0 Å². The number of nitrogens with one attached hydrogen (secondary N) is 1. The SMILES string of the molecule is O=C1NC(=O)c2cc(SCCCS(=O)(=O)O)ccc21. The Labute approximate surface area is 114 Å². The molecule has 0 aromatic heterocycles. The Morgan fingerprint density at radius 1 is 1.16 bits per heavy atom. The zero-order chi connectivity index (χ0) is 14.0. The van der Waals surface area contributed by atoms with Crippen molar-refractivity contribution in [2.75, 3.05) is 11.5 Å². The summed E-state index contributed by atoms with van der Waals surface area (Å²) in [7, 11) is -3.93. The van der Waals surface area contributed by atoms with Crippen molar-refractivity contribution in [3.8, 4) is 0 Å². The second-order valence-corrected chi connectivity index (χ2v) is 6.72. The molecule has 0 aliphatic carbocycles. The van der Waals surface area contributed by atoms with Crippen molar-refractivity contribution in [1.29, 1.82) is 0 Å². The van der Waals surface area contributed by atoms with Crippen molar-refractivity contribution < 1.29 is 22.6 Å². The normalized spacial score (nSPS) is 14.4. The summed E-state index contributed by atoms with van der Waals surface area (Å²) >= 11 is 1.36. The first kappa shape index (κ1) is 14.0. The van der Waals surface area contributed by atoms with Gasteiger partial charge in [0.15, 0.2) is 0 Å². The fraction of sp³-hybridized carbons (Fsp3) is 0.273. The first-order chi connectivity index (χ1) is 8.87. The molecule has 0 spiro atoms. The van der Waals surface area contributed by atoms with E-state index in [0.717, 1.165) is 4.90 Å². The second-order valence-electron chi connectivity index (χ2n) is 3.98. The molecule has 0 saturated heterocycles.